The summed E-state index contributed by atoms with van der Waals surface area (Å²) in [7, 11) is 2.15. The van der Waals surface area contributed by atoms with Gasteiger partial charge in [-0.3, -0.25) is 4.79 Å². The Kier molecular flexibility index (Phi) is 5.29. The summed E-state index contributed by atoms with van der Waals surface area (Å²) in [6, 6.07) is 8.12. The van der Waals surface area contributed by atoms with E-state index in [9.17, 15) is 4.79 Å². The summed E-state index contributed by atoms with van der Waals surface area (Å²) < 4.78 is 6.08. The van der Waals surface area contributed by atoms with Crippen molar-refractivity contribution >= 4 is 22.8 Å². The van der Waals surface area contributed by atoms with Gasteiger partial charge in [-0.15, -0.1) is 11.3 Å². The summed E-state index contributed by atoms with van der Waals surface area (Å²) in [5.41, 5.74) is 5.17. The van der Waals surface area contributed by atoms with E-state index in [4.69, 9.17) is 9.84 Å². The molecule has 2 aliphatic rings. The van der Waals surface area contributed by atoms with Crippen molar-refractivity contribution in [2.24, 2.45) is 0 Å². The van der Waals surface area contributed by atoms with Gasteiger partial charge in [0.05, 0.1) is 17.6 Å². The first kappa shape index (κ1) is 18.2. The molecular formula is C21H23N2O3S. The number of ether oxygens (including phenoxy) is 1. The van der Waals surface area contributed by atoms with E-state index in [1.165, 1.54) is 22.5 Å². The Balaban J connectivity index is 1.82. The van der Waals surface area contributed by atoms with Crippen LogP contribution in [0.2, 0.25) is 0 Å². The minimum atomic E-state index is -0.205. The van der Waals surface area contributed by atoms with Crippen molar-refractivity contribution in [2.75, 3.05) is 33.3 Å². The van der Waals surface area contributed by atoms with Gasteiger partial charge in [0.2, 0.25) is 0 Å². The molecule has 0 atom stereocenters. The third kappa shape index (κ3) is 3.52. The summed E-state index contributed by atoms with van der Waals surface area (Å²) in [5, 5.41) is 14.9. The number of nitrogens with zero attached hydrogens (tertiary/aromatic N) is 1. The fourth-order valence-corrected chi connectivity index (χ4v) is 4.74. The molecule has 2 aromatic rings. The molecule has 0 spiro atoms. The highest BCUT2D eigenvalue weighted by atomic mass is 32.1. The van der Waals surface area contributed by atoms with Gasteiger partial charge in [-0.2, -0.15) is 0 Å². The Hall–Kier alpha value is -2.15. The van der Waals surface area contributed by atoms with E-state index >= 15 is 0 Å². The van der Waals surface area contributed by atoms with Crippen LogP contribution in [0.1, 0.15) is 39.2 Å². The zero-order valence-electron chi connectivity index (χ0n) is 15.4. The number of hydrogen-bond acceptors (Lipinski definition) is 5. The Labute approximate surface area is 163 Å². The van der Waals surface area contributed by atoms with E-state index < -0.39 is 0 Å². The van der Waals surface area contributed by atoms with Gasteiger partial charge < -0.3 is 20.1 Å². The fourth-order valence-electron chi connectivity index (χ4n) is 3.68. The minimum Gasteiger partial charge on any atom is -0.488 e. The molecule has 2 N–H and O–H groups in total. The zero-order chi connectivity index (χ0) is 18.8. The number of para-hydroxylation sites is 1. The number of hydrogen-bond donors (Lipinski definition) is 2. The van der Waals surface area contributed by atoms with Gasteiger partial charge in [-0.05, 0) is 26.0 Å². The lowest BCUT2D eigenvalue weighted by Crippen LogP contribution is -2.27. The van der Waals surface area contributed by atoms with Crippen molar-refractivity contribution < 1.29 is 14.6 Å². The molecule has 2 aliphatic heterocycles. The van der Waals surface area contributed by atoms with E-state index in [-0.39, 0.29) is 19.1 Å². The topological polar surface area (TPSA) is 61.8 Å². The van der Waals surface area contributed by atoms with Crippen LogP contribution in [0.5, 0.6) is 5.75 Å². The second kappa shape index (κ2) is 7.84. The SMILES string of the molecule is CN1CCC(=C2c3ccccc3OCc3c(C(=O)NCCO)[c]sc32)CC1. The van der Waals surface area contributed by atoms with Gasteiger partial charge >= 0.3 is 0 Å². The number of fused-ring (bicyclic) bond motifs is 2. The lowest BCUT2D eigenvalue weighted by molar-refractivity contribution is 0.0942. The lowest BCUT2D eigenvalue weighted by Gasteiger charge is -2.26. The molecular weight excluding hydrogens is 360 g/mol. The highest BCUT2D eigenvalue weighted by Gasteiger charge is 2.28. The number of thiophene rings is 1. The van der Waals surface area contributed by atoms with Crippen LogP contribution in [0.25, 0.3) is 5.57 Å². The summed E-state index contributed by atoms with van der Waals surface area (Å²) in [6.45, 7) is 2.58. The maximum absolute atomic E-state index is 12.5. The molecule has 3 heterocycles. The van der Waals surface area contributed by atoms with Gasteiger partial charge in [0.1, 0.15) is 12.4 Å². The van der Waals surface area contributed by atoms with Crippen LogP contribution in [0, 0.1) is 5.38 Å². The molecule has 5 nitrogen and oxygen atoms in total. The summed E-state index contributed by atoms with van der Waals surface area (Å²) in [5.74, 6) is 0.660. The van der Waals surface area contributed by atoms with Crippen LogP contribution >= 0.6 is 11.3 Å². The Morgan fingerprint density at radius 2 is 2.11 bits per heavy atom. The maximum atomic E-state index is 12.5. The van der Waals surface area contributed by atoms with Gasteiger partial charge in [0.25, 0.3) is 5.91 Å². The number of aliphatic hydroxyl groups is 1. The molecule has 1 aromatic heterocycles. The number of aliphatic hydroxyl groups excluding tert-OH is 1. The molecule has 0 bridgehead atoms. The van der Waals surface area contributed by atoms with Crippen molar-refractivity contribution in [2.45, 2.75) is 19.4 Å². The lowest BCUT2D eigenvalue weighted by atomic mass is 9.90. The number of amides is 1. The summed E-state index contributed by atoms with van der Waals surface area (Å²) in [4.78, 5) is 16.0. The van der Waals surface area contributed by atoms with Gasteiger partial charge in [-0.1, -0.05) is 23.8 Å². The van der Waals surface area contributed by atoms with Gasteiger partial charge in [0.15, 0.2) is 0 Å². The number of nitrogens with one attached hydrogen (secondary N) is 1. The van der Waals surface area contributed by atoms with E-state index in [1.807, 2.05) is 18.2 Å². The predicted molar refractivity (Wildman–Crippen MR) is 106 cm³/mol. The third-order valence-corrected chi connectivity index (χ3v) is 6.12. The molecule has 1 fully saturated rings. The Morgan fingerprint density at radius 3 is 2.89 bits per heavy atom. The van der Waals surface area contributed by atoms with Crippen LogP contribution < -0.4 is 10.1 Å². The number of benzene rings is 1. The van der Waals surface area contributed by atoms with Crippen molar-refractivity contribution in [1.82, 2.24) is 10.2 Å². The van der Waals surface area contributed by atoms with Crippen LogP contribution in [0.3, 0.4) is 0 Å². The summed E-state index contributed by atoms with van der Waals surface area (Å²) >= 11 is 1.49. The monoisotopic (exact) mass is 383 g/mol. The minimum absolute atomic E-state index is 0.0805. The van der Waals surface area contributed by atoms with Crippen LogP contribution in [-0.2, 0) is 6.61 Å². The van der Waals surface area contributed by atoms with Crippen molar-refractivity contribution in [3.8, 4) is 5.75 Å². The number of piperidine rings is 1. The van der Waals surface area contributed by atoms with E-state index in [0.29, 0.717) is 12.2 Å². The van der Waals surface area contributed by atoms with Crippen LogP contribution in [-0.4, -0.2) is 49.2 Å². The second-order valence-electron chi connectivity index (χ2n) is 6.93. The van der Waals surface area contributed by atoms with E-state index in [1.54, 1.807) is 0 Å². The fraction of sp³-hybridized carbons (Fsp3) is 0.381. The number of rotatable bonds is 3. The van der Waals surface area contributed by atoms with Crippen molar-refractivity contribution in [3.63, 3.8) is 0 Å². The molecule has 1 aromatic carbocycles. The molecule has 141 valence electrons. The number of carbonyl (C=O) groups excluding carboxylic acids is 1. The largest absolute Gasteiger partial charge is 0.488 e. The van der Waals surface area contributed by atoms with Gasteiger partial charge in [0, 0.05) is 41.2 Å². The first-order valence-corrected chi connectivity index (χ1v) is 10.1. The third-order valence-electron chi connectivity index (χ3n) is 5.16. The molecule has 0 saturated carbocycles. The molecule has 27 heavy (non-hydrogen) atoms. The molecule has 1 radical (unpaired) electrons. The molecule has 0 aliphatic carbocycles. The normalized spacial score (nSPS) is 17.0. The maximum Gasteiger partial charge on any atom is 0.253 e. The number of carbonyl (C=O) groups is 1. The second-order valence-corrected chi connectivity index (χ2v) is 7.75. The van der Waals surface area contributed by atoms with E-state index in [0.717, 1.165) is 47.7 Å². The summed E-state index contributed by atoms with van der Waals surface area (Å²) in [6.07, 6.45) is 2.03. The molecule has 1 amide bonds. The average molecular weight is 383 g/mol. The van der Waals surface area contributed by atoms with E-state index in [2.05, 4.69) is 28.7 Å². The molecule has 4 rings (SSSR count). The first-order valence-electron chi connectivity index (χ1n) is 9.24. The molecule has 0 unspecified atom stereocenters. The first-order chi connectivity index (χ1) is 13.2. The zero-order valence-corrected chi connectivity index (χ0v) is 16.2. The Bertz CT molecular complexity index is 877. The van der Waals surface area contributed by atoms with Crippen LogP contribution in [0.15, 0.2) is 29.8 Å². The number of likely N-dealkylation sites (tertiary alicyclic amines) is 1. The quantitative estimate of drug-likeness (QED) is 0.856. The van der Waals surface area contributed by atoms with Crippen molar-refractivity contribution in [1.29, 1.82) is 0 Å². The van der Waals surface area contributed by atoms with Crippen molar-refractivity contribution in [3.05, 3.63) is 56.8 Å². The highest BCUT2D eigenvalue weighted by Crippen LogP contribution is 2.44. The molecule has 6 heteroatoms. The molecule has 1 saturated heterocycles. The van der Waals surface area contributed by atoms with Gasteiger partial charge in [-0.25, -0.2) is 0 Å². The average Bonchev–Trinajstić information content (AvgIpc) is 3.03. The smallest absolute Gasteiger partial charge is 0.253 e. The standard InChI is InChI=1S/C21H23N2O3S/c1-23-9-6-14(7-10-23)19-15-4-2-3-5-18(15)26-12-16-17(13-27-20(16)19)21(25)22-8-11-24/h2-5,24H,6-12H2,1H3,(H,22,25). The predicted octanol–water partition coefficient (Wildman–Crippen LogP) is 2.69. The highest BCUT2D eigenvalue weighted by molar-refractivity contribution is 7.11. The Morgan fingerprint density at radius 1 is 1.33 bits per heavy atom. The van der Waals surface area contributed by atoms with Crippen LogP contribution in [0.4, 0.5) is 0 Å².